The molecule has 1 aromatic heterocycles. The molecule has 0 spiro atoms. The molecule has 0 unspecified atom stereocenters. The Bertz CT molecular complexity index is 988. The first-order chi connectivity index (χ1) is 13.4. The molecule has 28 heavy (non-hydrogen) atoms. The Labute approximate surface area is 173 Å². The van der Waals surface area contributed by atoms with E-state index in [4.69, 9.17) is 16.3 Å². The number of anilines is 1. The van der Waals surface area contributed by atoms with Crippen molar-refractivity contribution in [2.45, 2.75) is 31.2 Å². The Hall–Kier alpha value is -2.51. The number of aryl methyl sites for hydroxylation is 2. The summed E-state index contributed by atoms with van der Waals surface area (Å²) in [6.07, 6.45) is 0. The highest BCUT2D eigenvalue weighted by Gasteiger charge is 2.19. The van der Waals surface area contributed by atoms with E-state index in [1.807, 2.05) is 38.1 Å². The number of carbonyl (C=O) groups excluding carboxylic acids is 1. The minimum Gasteiger partial charge on any atom is -0.495 e. The molecule has 2 N–H and O–H groups in total. The smallest absolute Gasteiger partial charge is 0.237 e. The third kappa shape index (κ3) is 4.66. The number of hydrogen-bond acceptors (Lipinski definition) is 5. The summed E-state index contributed by atoms with van der Waals surface area (Å²) >= 11 is 7.39. The van der Waals surface area contributed by atoms with E-state index >= 15 is 0 Å². The van der Waals surface area contributed by atoms with Crippen LogP contribution in [0.5, 0.6) is 5.75 Å². The highest BCUT2D eigenvalue weighted by Crippen LogP contribution is 2.32. The highest BCUT2D eigenvalue weighted by molar-refractivity contribution is 8.00. The zero-order valence-corrected chi connectivity index (χ0v) is 17.6. The number of halogens is 1. The lowest BCUT2D eigenvalue weighted by Crippen LogP contribution is -2.23. The molecule has 0 aliphatic rings. The molecule has 3 aromatic rings. The first-order valence-electron chi connectivity index (χ1n) is 8.68. The van der Waals surface area contributed by atoms with Gasteiger partial charge in [-0.15, -0.1) is 5.10 Å². The number of aromatic nitrogens is 3. The molecule has 0 saturated carbocycles. The number of H-pyrrole nitrogens is 1. The number of carbonyl (C=O) groups is 1. The quantitative estimate of drug-likeness (QED) is 0.560. The molecule has 0 radical (unpaired) electrons. The molecule has 146 valence electrons. The molecule has 0 aliphatic carbocycles. The highest BCUT2D eigenvalue weighted by atomic mass is 35.5. The fourth-order valence-corrected chi connectivity index (χ4v) is 3.39. The first-order valence-corrected chi connectivity index (χ1v) is 9.94. The Kier molecular flexibility index (Phi) is 6.26. The number of amides is 1. The summed E-state index contributed by atoms with van der Waals surface area (Å²) in [5.41, 5.74) is 3.56. The van der Waals surface area contributed by atoms with Crippen LogP contribution >= 0.6 is 23.4 Å². The molecular weight excluding hydrogens is 396 g/mol. The van der Waals surface area contributed by atoms with Gasteiger partial charge in [-0.25, -0.2) is 4.98 Å². The van der Waals surface area contributed by atoms with E-state index in [0.717, 1.165) is 11.1 Å². The lowest BCUT2D eigenvalue weighted by molar-refractivity contribution is -0.115. The second kappa shape index (κ2) is 8.67. The Morgan fingerprint density at radius 2 is 1.96 bits per heavy atom. The van der Waals surface area contributed by atoms with Gasteiger partial charge in [0.1, 0.15) is 5.75 Å². The predicted molar refractivity (Wildman–Crippen MR) is 113 cm³/mol. The summed E-state index contributed by atoms with van der Waals surface area (Å²) in [7, 11) is 1.54. The van der Waals surface area contributed by atoms with Crippen LogP contribution in [0.15, 0.2) is 41.6 Å². The van der Waals surface area contributed by atoms with E-state index in [0.29, 0.717) is 27.4 Å². The zero-order valence-electron chi connectivity index (χ0n) is 16.0. The lowest BCUT2D eigenvalue weighted by Gasteiger charge is -2.14. The van der Waals surface area contributed by atoms with Gasteiger partial charge in [0, 0.05) is 16.7 Å². The standard InChI is InChI=1S/C20H21ClN4O2S/c1-11-5-7-14(8-6-11)18-23-20(25-24-18)28-13(3)19(26)22-16-9-12(2)15(21)10-17(16)27-4/h5-10,13H,1-4H3,(H,22,26)(H,23,24,25)/t13-/m0/s1. The third-order valence-electron chi connectivity index (χ3n) is 4.18. The second-order valence-corrected chi connectivity index (χ2v) is 8.10. The molecule has 2 aromatic carbocycles. The summed E-state index contributed by atoms with van der Waals surface area (Å²) in [6, 6.07) is 11.5. The second-order valence-electron chi connectivity index (χ2n) is 6.38. The van der Waals surface area contributed by atoms with Crippen molar-refractivity contribution < 1.29 is 9.53 Å². The van der Waals surface area contributed by atoms with E-state index in [1.165, 1.54) is 24.4 Å². The SMILES string of the molecule is COc1cc(Cl)c(C)cc1NC(=O)[C@H](C)Sc1n[nH]c(-c2ccc(C)cc2)n1. The van der Waals surface area contributed by atoms with Crippen molar-refractivity contribution in [2.24, 2.45) is 0 Å². The number of benzene rings is 2. The third-order valence-corrected chi connectivity index (χ3v) is 5.55. The van der Waals surface area contributed by atoms with Crippen LogP contribution in [-0.2, 0) is 4.79 Å². The van der Waals surface area contributed by atoms with E-state index in [1.54, 1.807) is 19.1 Å². The van der Waals surface area contributed by atoms with Crippen molar-refractivity contribution in [1.29, 1.82) is 0 Å². The number of nitrogens with zero attached hydrogens (tertiary/aromatic N) is 2. The largest absolute Gasteiger partial charge is 0.495 e. The van der Waals surface area contributed by atoms with Crippen LogP contribution in [0.3, 0.4) is 0 Å². The van der Waals surface area contributed by atoms with Crippen LogP contribution in [0.25, 0.3) is 11.4 Å². The van der Waals surface area contributed by atoms with Crippen LogP contribution in [-0.4, -0.2) is 33.4 Å². The molecule has 1 heterocycles. The van der Waals surface area contributed by atoms with Gasteiger partial charge in [0.25, 0.3) is 0 Å². The van der Waals surface area contributed by atoms with E-state index in [9.17, 15) is 4.79 Å². The van der Waals surface area contributed by atoms with Crippen LogP contribution in [0.4, 0.5) is 5.69 Å². The van der Waals surface area contributed by atoms with Crippen LogP contribution < -0.4 is 10.1 Å². The number of nitrogens with one attached hydrogen (secondary N) is 2. The van der Waals surface area contributed by atoms with Gasteiger partial charge in [-0.2, -0.15) is 0 Å². The number of methoxy groups -OCH3 is 1. The van der Waals surface area contributed by atoms with E-state index < -0.39 is 5.25 Å². The van der Waals surface area contributed by atoms with Gasteiger partial charge in [0.2, 0.25) is 11.1 Å². The molecule has 8 heteroatoms. The van der Waals surface area contributed by atoms with Gasteiger partial charge in [0.15, 0.2) is 5.82 Å². The predicted octanol–water partition coefficient (Wildman–Crippen LogP) is 4.87. The van der Waals surface area contributed by atoms with Crippen LogP contribution in [0.2, 0.25) is 5.02 Å². The summed E-state index contributed by atoms with van der Waals surface area (Å²) in [5.74, 6) is 1.01. The van der Waals surface area contributed by atoms with Crippen molar-refractivity contribution in [1.82, 2.24) is 15.2 Å². The molecule has 0 saturated heterocycles. The number of thioether (sulfide) groups is 1. The Morgan fingerprint density at radius 1 is 1.25 bits per heavy atom. The number of rotatable bonds is 6. The van der Waals surface area contributed by atoms with Crippen LogP contribution in [0, 0.1) is 13.8 Å². The number of ether oxygens (including phenoxy) is 1. The van der Waals surface area contributed by atoms with Gasteiger partial charge in [-0.05, 0) is 32.4 Å². The minimum absolute atomic E-state index is 0.174. The maximum atomic E-state index is 12.6. The lowest BCUT2D eigenvalue weighted by atomic mass is 10.1. The Balaban J connectivity index is 1.68. The van der Waals surface area contributed by atoms with Gasteiger partial charge >= 0.3 is 0 Å². The van der Waals surface area contributed by atoms with Gasteiger partial charge < -0.3 is 10.1 Å². The fraction of sp³-hybridized carbons (Fsp3) is 0.250. The van der Waals surface area contributed by atoms with Crippen molar-refractivity contribution in [2.75, 3.05) is 12.4 Å². The molecule has 3 rings (SSSR count). The summed E-state index contributed by atoms with van der Waals surface area (Å²) in [4.78, 5) is 17.1. The summed E-state index contributed by atoms with van der Waals surface area (Å²) < 4.78 is 5.31. The molecule has 0 fully saturated rings. The summed E-state index contributed by atoms with van der Waals surface area (Å²) in [5, 5.41) is 10.7. The maximum absolute atomic E-state index is 12.6. The average Bonchev–Trinajstić information content (AvgIpc) is 3.13. The molecular formula is C20H21ClN4O2S. The topological polar surface area (TPSA) is 79.9 Å². The van der Waals surface area contributed by atoms with E-state index in [-0.39, 0.29) is 5.91 Å². The first kappa shape index (κ1) is 20.2. The normalized spacial score (nSPS) is 11.9. The van der Waals surface area contributed by atoms with Crippen molar-refractivity contribution in [3.8, 4) is 17.1 Å². The molecule has 0 bridgehead atoms. The number of aromatic amines is 1. The minimum atomic E-state index is -0.401. The molecule has 0 aliphatic heterocycles. The van der Waals surface area contributed by atoms with Gasteiger partial charge in [-0.1, -0.05) is 53.2 Å². The van der Waals surface area contributed by atoms with Gasteiger partial charge in [-0.3, -0.25) is 9.89 Å². The molecule has 1 amide bonds. The molecule has 1 atom stereocenters. The fourth-order valence-electron chi connectivity index (χ4n) is 2.52. The number of hydrogen-bond donors (Lipinski definition) is 2. The Morgan fingerprint density at radius 3 is 2.64 bits per heavy atom. The maximum Gasteiger partial charge on any atom is 0.237 e. The van der Waals surface area contributed by atoms with Crippen molar-refractivity contribution in [3.05, 3.63) is 52.5 Å². The van der Waals surface area contributed by atoms with Gasteiger partial charge in [0.05, 0.1) is 18.0 Å². The van der Waals surface area contributed by atoms with Crippen LogP contribution in [0.1, 0.15) is 18.1 Å². The summed E-state index contributed by atoms with van der Waals surface area (Å²) in [6.45, 7) is 5.70. The molecule has 6 nitrogen and oxygen atoms in total. The van der Waals surface area contributed by atoms with E-state index in [2.05, 4.69) is 20.5 Å². The van der Waals surface area contributed by atoms with Crippen molar-refractivity contribution >= 4 is 35.0 Å². The average molecular weight is 417 g/mol. The monoisotopic (exact) mass is 416 g/mol. The zero-order chi connectivity index (χ0) is 20.3. The van der Waals surface area contributed by atoms with Crippen molar-refractivity contribution in [3.63, 3.8) is 0 Å².